The van der Waals surface area contributed by atoms with Gasteiger partial charge in [-0.15, -0.1) is 0 Å². The first kappa shape index (κ1) is 43.6. The first-order chi connectivity index (χ1) is 27.8. The number of hydrogen-bond donors (Lipinski definition) is 0. The number of hydrogen-bond acceptors (Lipinski definition) is 3. The van der Waals surface area contributed by atoms with Gasteiger partial charge in [0.15, 0.2) is 11.6 Å². The van der Waals surface area contributed by atoms with Gasteiger partial charge in [-0.25, -0.2) is 15.0 Å². The molecule has 0 radical (unpaired) electrons. The number of imidazole rings is 2. The highest BCUT2D eigenvalue weighted by Gasteiger charge is 2.18. The van der Waals surface area contributed by atoms with Gasteiger partial charge in [-0.3, -0.25) is 0 Å². The van der Waals surface area contributed by atoms with E-state index in [-0.39, 0.29) is 0 Å². The van der Waals surface area contributed by atoms with Crippen molar-refractivity contribution in [3.05, 3.63) is 66.7 Å². The second-order valence-corrected chi connectivity index (χ2v) is 16.8. The van der Waals surface area contributed by atoms with Crippen molar-refractivity contribution in [2.45, 2.75) is 207 Å². The van der Waals surface area contributed by atoms with E-state index in [1.54, 1.807) is 0 Å². The number of benzene rings is 2. The average molecular weight is 760 g/mol. The van der Waals surface area contributed by atoms with Crippen LogP contribution >= 0.6 is 0 Å². The number of para-hydroxylation sites is 4. The third-order valence-corrected chi connectivity index (χ3v) is 12.0. The summed E-state index contributed by atoms with van der Waals surface area (Å²) < 4.78 is 4.83. The molecular formula is C51H77N5. The minimum atomic E-state index is 0.930. The van der Waals surface area contributed by atoms with Gasteiger partial charge in [-0.05, 0) is 49.2 Å². The van der Waals surface area contributed by atoms with E-state index >= 15 is 0 Å². The molecule has 0 bridgehead atoms. The molecule has 306 valence electrons. The Morgan fingerprint density at radius 2 is 0.625 bits per heavy atom. The molecule has 0 spiro atoms. The summed E-state index contributed by atoms with van der Waals surface area (Å²) in [5.41, 5.74) is 6.36. The predicted octanol–water partition coefficient (Wildman–Crippen LogP) is 16.1. The fourth-order valence-electron chi connectivity index (χ4n) is 8.61. The third kappa shape index (κ3) is 14.5. The van der Waals surface area contributed by atoms with E-state index in [4.69, 9.17) is 15.0 Å². The average Bonchev–Trinajstić information content (AvgIpc) is 3.79. The van der Waals surface area contributed by atoms with Crippen molar-refractivity contribution >= 4 is 22.1 Å². The molecule has 0 saturated carbocycles. The summed E-state index contributed by atoms with van der Waals surface area (Å²) in [6.07, 6.45) is 38.5. The van der Waals surface area contributed by atoms with Crippen molar-refractivity contribution in [3.8, 4) is 23.0 Å². The maximum Gasteiger partial charge on any atom is 0.159 e. The molecule has 5 nitrogen and oxygen atoms in total. The lowest BCUT2D eigenvalue weighted by molar-refractivity contribution is 0.526. The predicted molar refractivity (Wildman–Crippen MR) is 242 cm³/mol. The third-order valence-electron chi connectivity index (χ3n) is 12.0. The van der Waals surface area contributed by atoms with Gasteiger partial charge < -0.3 is 9.13 Å². The van der Waals surface area contributed by atoms with Crippen molar-refractivity contribution in [1.82, 2.24) is 24.1 Å². The molecule has 5 heteroatoms. The van der Waals surface area contributed by atoms with Crippen LogP contribution in [-0.2, 0) is 13.1 Å². The molecule has 3 aromatic heterocycles. The van der Waals surface area contributed by atoms with Gasteiger partial charge in [0, 0.05) is 13.1 Å². The largest absolute Gasteiger partial charge is 0.323 e. The van der Waals surface area contributed by atoms with Crippen molar-refractivity contribution in [1.29, 1.82) is 0 Å². The second kappa shape index (κ2) is 26.4. The molecule has 0 aliphatic carbocycles. The zero-order valence-electron chi connectivity index (χ0n) is 35.8. The van der Waals surface area contributed by atoms with Gasteiger partial charge in [0.2, 0.25) is 0 Å². The van der Waals surface area contributed by atoms with Crippen LogP contribution in [0.5, 0.6) is 0 Å². The topological polar surface area (TPSA) is 48.5 Å². The summed E-state index contributed by atoms with van der Waals surface area (Å²) in [6.45, 7) is 6.54. The minimum Gasteiger partial charge on any atom is -0.323 e. The molecule has 0 saturated heterocycles. The van der Waals surface area contributed by atoms with E-state index in [1.807, 2.05) is 0 Å². The SMILES string of the molecule is CCCCCCCCCCCCCCCCn1c(-c2cccc(-c3nc4ccccc4n3CCCCCCCCCCCCCCCC)n2)nc2ccccc21. The van der Waals surface area contributed by atoms with Crippen molar-refractivity contribution in [3.63, 3.8) is 0 Å². The van der Waals surface area contributed by atoms with Crippen molar-refractivity contribution in [2.24, 2.45) is 0 Å². The molecule has 0 amide bonds. The summed E-state index contributed by atoms with van der Waals surface area (Å²) in [7, 11) is 0. The Kier molecular flexibility index (Phi) is 20.6. The lowest BCUT2D eigenvalue weighted by Gasteiger charge is -2.12. The van der Waals surface area contributed by atoms with E-state index in [2.05, 4.69) is 89.7 Å². The van der Waals surface area contributed by atoms with Crippen LogP contribution in [-0.4, -0.2) is 24.1 Å². The lowest BCUT2D eigenvalue weighted by atomic mass is 10.0. The van der Waals surface area contributed by atoms with E-state index in [1.165, 1.54) is 191 Å². The molecule has 0 fully saturated rings. The molecule has 0 aliphatic heterocycles. The molecule has 0 atom stereocenters. The Balaban J connectivity index is 1.11. The Morgan fingerprint density at radius 1 is 0.321 bits per heavy atom. The maximum absolute atomic E-state index is 5.29. The van der Waals surface area contributed by atoms with E-state index in [9.17, 15) is 0 Å². The van der Waals surface area contributed by atoms with Crippen LogP contribution in [0.1, 0.15) is 194 Å². The summed E-state index contributed by atoms with van der Waals surface area (Å²) in [5, 5.41) is 0. The molecule has 5 aromatic rings. The highest BCUT2D eigenvalue weighted by atomic mass is 15.1. The number of aryl methyl sites for hydroxylation is 2. The first-order valence-corrected chi connectivity index (χ1v) is 23.7. The molecule has 56 heavy (non-hydrogen) atoms. The van der Waals surface area contributed by atoms with Gasteiger partial charge in [0.25, 0.3) is 0 Å². The highest BCUT2D eigenvalue weighted by Crippen LogP contribution is 2.29. The van der Waals surface area contributed by atoms with Crippen LogP contribution in [0.3, 0.4) is 0 Å². The molecule has 0 unspecified atom stereocenters. The molecule has 5 rings (SSSR count). The summed E-state index contributed by atoms with van der Waals surface area (Å²) in [4.78, 5) is 15.6. The first-order valence-electron chi connectivity index (χ1n) is 23.7. The fraction of sp³-hybridized carbons (Fsp3) is 0.627. The number of rotatable bonds is 32. The zero-order valence-corrected chi connectivity index (χ0v) is 35.8. The van der Waals surface area contributed by atoms with Crippen molar-refractivity contribution in [2.75, 3.05) is 0 Å². The number of fused-ring (bicyclic) bond motifs is 2. The highest BCUT2D eigenvalue weighted by molar-refractivity contribution is 5.82. The minimum absolute atomic E-state index is 0.930. The van der Waals surface area contributed by atoms with Crippen LogP contribution in [0.4, 0.5) is 0 Å². The molecule has 3 heterocycles. The van der Waals surface area contributed by atoms with E-state index in [0.29, 0.717) is 0 Å². The summed E-state index contributed by atoms with van der Waals surface area (Å²) in [5.74, 6) is 1.94. The van der Waals surface area contributed by atoms with Crippen molar-refractivity contribution < 1.29 is 0 Å². The lowest BCUT2D eigenvalue weighted by Crippen LogP contribution is -2.04. The van der Waals surface area contributed by atoms with E-state index in [0.717, 1.165) is 47.2 Å². The second-order valence-electron chi connectivity index (χ2n) is 16.8. The fourth-order valence-corrected chi connectivity index (χ4v) is 8.61. The van der Waals surface area contributed by atoms with Crippen LogP contribution in [0, 0.1) is 0 Å². The van der Waals surface area contributed by atoms with E-state index < -0.39 is 0 Å². The Labute approximate surface area is 341 Å². The van der Waals surface area contributed by atoms with Gasteiger partial charge in [0.1, 0.15) is 11.4 Å². The summed E-state index contributed by atoms with van der Waals surface area (Å²) in [6, 6.07) is 23.6. The molecule has 0 aliphatic rings. The number of unbranched alkanes of at least 4 members (excludes halogenated alkanes) is 26. The molecule has 0 N–H and O–H groups in total. The van der Waals surface area contributed by atoms with Gasteiger partial charge in [0.05, 0.1) is 22.1 Å². The molecule has 2 aromatic carbocycles. The standard InChI is InChI=1S/C51H77N5/c1-3-5-7-9-11-13-15-17-19-21-23-25-27-33-42-55-48-40-31-29-36-44(48)53-50(55)46-38-35-39-47(52-46)51-54-45-37-30-32-41-49(45)56(51)43-34-28-26-24-22-20-18-16-14-12-10-8-6-4-2/h29-32,35-41H,3-28,33-34,42-43H2,1-2H3. The van der Waals surface area contributed by atoms with Gasteiger partial charge >= 0.3 is 0 Å². The quantitative estimate of drug-likeness (QED) is 0.0410. The smallest absolute Gasteiger partial charge is 0.159 e. The molecular weight excluding hydrogens is 683 g/mol. The normalized spacial score (nSPS) is 11.8. The number of aromatic nitrogens is 5. The number of nitrogens with zero attached hydrogens (tertiary/aromatic N) is 5. The van der Waals surface area contributed by atoms with Crippen LogP contribution in [0.2, 0.25) is 0 Å². The van der Waals surface area contributed by atoms with Gasteiger partial charge in [-0.2, -0.15) is 0 Å². The monoisotopic (exact) mass is 760 g/mol. The van der Waals surface area contributed by atoms with Gasteiger partial charge in [-0.1, -0.05) is 211 Å². The Morgan fingerprint density at radius 3 is 0.964 bits per heavy atom. The van der Waals surface area contributed by atoms with Crippen LogP contribution in [0.25, 0.3) is 45.1 Å². The zero-order chi connectivity index (χ0) is 38.9. The van der Waals surface area contributed by atoms with Crippen LogP contribution < -0.4 is 0 Å². The summed E-state index contributed by atoms with van der Waals surface area (Å²) >= 11 is 0. The van der Waals surface area contributed by atoms with Crippen LogP contribution in [0.15, 0.2) is 66.7 Å². The Hall–Kier alpha value is -3.47. The number of pyridine rings is 1. The Bertz CT molecular complexity index is 1640. The maximum atomic E-state index is 5.29.